The van der Waals surface area contributed by atoms with E-state index in [2.05, 4.69) is 10.0 Å². The maximum Gasteiger partial charge on any atom is 0.240 e. The maximum atomic E-state index is 12.3. The molecule has 1 aromatic rings. The Hall–Kier alpha value is -1.40. The van der Waals surface area contributed by atoms with Crippen LogP contribution in [0.3, 0.4) is 0 Å². The summed E-state index contributed by atoms with van der Waals surface area (Å²) in [5.41, 5.74) is 1.37. The lowest BCUT2D eigenvalue weighted by molar-refractivity contribution is -0.114. The van der Waals surface area contributed by atoms with Crippen LogP contribution in [0.15, 0.2) is 23.1 Å². The van der Waals surface area contributed by atoms with Gasteiger partial charge in [-0.15, -0.1) is 0 Å². The number of anilines is 1. The van der Waals surface area contributed by atoms with Crippen LogP contribution in [0.4, 0.5) is 5.69 Å². The number of rotatable bonds is 4. The first-order valence-electron chi connectivity index (χ1n) is 6.79. The van der Waals surface area contributed by atoms with Crippen molar-refractivity contribution in [3.8, 4) is 0 Å². The molecule has 5 nitrogen and oxygen atoms in total. The van der Waals surface area contributed by atoms with Crippen molar-refractivity contribution < 1.29 is 13.2 Å². The van der Waals surface area contributed by atoms with Crippen molar-refractivity contribution in [1.29, 1.82) is 0 Å². The number of amides is 1. The molecule has 1 saturated carbocycles. The lowest BCUT2D eigenvalue weighted by atomic mass is 10.2. The average Bonchev–Trinajstić information content (AvgIpc) is 2.83. The van der Waals surface area contributed by atoms with E-state index in [0.717, 1.165) is 31.2 Å². The molecule has 0 radical (unpaired) electrons. The van der Waals surface area contributed by atoms with Crippen LogP contribution in [0.1, 0.15) is 38.2 Å². The van der Waals surface area contributed by atoms with Crippen LogP contribution in [0.2, 0.25) is 0 Å². The Labute approximate surface area is 119 Å². The quantitative estimate of drug-likeness (QED) is 0.894. The summed E-state index contributed by atoms with van der Waals surface area (Å²) < 4.78 is 27.3. The normalized spacial score (nSPS) is 16.3. The molecule has 2 N–H and O–H groups in total. The van der Waals surface area contributed by atoms with Gasteiger partial charge in [0.1, 0.15) is 0 Å². The Bertz CT molecular complexity index is 605. The summed E-state index contributed by atoms with van der Waals surface area (Å²) in [5.74, 6) is -0.173. The second-order valence-corrected chi connectivity index (χ2v) is 6.97. The van der Waals surface area contributed by atoms with Gasteiger partial charge >= 0.3 is 0 Å². The van der Waals surface area contributed by atoms with Crippen molar-refractivity contribution in [2.24, 2.45) is 0 Å². The van der Waals surface area contributed by atoms with E-state index in [4.69, 9.17) is 0 Å². The van der Waals surface area contributed by atoms with E-state index >= 15 is 0 Å². The fraction of sp³-hybridized carbons (Fsp3) is 0.500. The van der Waals surface area contributed by atoms with Crippen LogP contribution < -0.4 is 10.0 Å². The van der Waals surface area contributed by atoms with E-state index in [-0.39, 0.29) is 16.8 Å². The molecular formula is C14H20N2O3S. The number of hydrogen-bond donors (Lipinski definition) is 2. The first-order valence-corrected chi connectivity index (χ1v) is 8.27. The molecule has 1 fully saturated rings. The van der Waals surface area contributed by atoms with Gasteiger partial charge in [-0.05, 0) is 43.5 Å². The van der Waals surface area contributed by atoms with Crippen molar-refractivity contribution in [2.75, 3.05) is 5.32 Å². The van der Waals surface area contributed by atoms with Crippen molar-refractivity contribution in [3.63, 3.8) is 0 Å². The SMILES string of the molecule is CC(=O)Nc1ccc(S(=O)(=O)NC2CCCC2)cc1C. The maximum absolute atomic E-state index is 12.3. The standard InChI is InChI=1S/C14H20N2O3S/c1-10-9-13(7-8-14(10)15-11(2)17)20(18,19)16-12-5-3-4-6-12/h7-9,12,16H,3-6H2,1-2H3,(H,15,17). The fourth-order valence-electron chi connectivity index (χ4n) is 2.46. The summed E-state index contributed by atoms with van der Waals surface area (Å²) in [5, 5.41) is 2.67. The summed E-state index contributed by atoms with van der Waals surface area (Å²) >= 11 is 0. The summed E-state index contributed by atoms with van der Waals surface area (Å²) in [7, 11) is -3.47. The second kappa shape index (κ2) is 5.93. The van der Waals surface area contributed by atoms with E-state index < -0.39 is 10.0 Å². The van der Waals surface area contributed by atoms with Gasteiger partial charge in [-0.25, -0.2) is 13.1 Å². The Balaban J connectivity index is 2.19. The molecule has 1 aliphatic carbocycles. The molecule has 1 amide bonds. The minimum atomic E-state index is -3.47. The molecule has 0 bridgehead atoms. The molecule has 0 heterocycles. The van der Waals surface area contributed by atoms with E-state index in [9.17, 15) is 13.2 Å². The third kappa shape index (κ3) is 3.58. The zero-order valence-corrected chi connectivity index (χ0v) is 12.6. The van der Waals surface area contributed by atoms with Gasteiger partial charge in [0.05, 0.1) is 4.90 Å². The second-order valence-electron chi connectivity index (χ2n) is 5.26. The van der Waals surface area contributed by atoms with E-state index in [1.54, 1.807) is 19.1 Å². The number of carbonyl (C=O) groups excluding carboxylic acids is 1. The van der Waals surface area contributed by atoms with Crippen molar-refractivity contribution in [3.05, 3.63) is 23.8 Å². The zero-order valence-electron chi connectivity index (χ0n) is 11.8. The average molecular weight is 296 g/mol. The Morgan fingerprint density at radius 3 is 2.45 bits per heavy atom. The number of benzene rings is 1. The summed E-state index contributed by atoms with van der Waals surface area (Å²) in [6.45, 7) is 3.20. The highest BCUT2D eigenvalue weighted by Crippen LogP contribution is 2.23. The monoisotopic (exact) mass is 296 g/mol. The van der Waals surface area contributed by atoms with Crippen LogP contribution in [-0.2, 0) is 14.8 Å². The van der Waals surface area contributed by atoms with Gasteiger partial charge in [-0.1, -0.05) is 12.8 Å². The minimum Gasteiger partial charge on any atom is -0.326 e. The highest BCUT2D eigenvalue weighted by atomic mass is 32.2. The number of carbonyl (C=O) groups is 1. The Morgan fingerprint density at radius 1 is 1.25 bits per heavy atom. The highest BCUT2D eigenvalue weighted by molar-refractivity contribution is 7.89. The first-order chi connectivity index (χ1) is 9.38. The predicted octanol–water partition coefficient (Wildman–Crippen LogP) is 2.17. The van der Waals surface area contributed by atoms with Gasteiger partial charge < -0.3 is 5.32 Å². The molecule has 0 spiro atoms. The summed E-state index contributed by atoms with van der Waals surface area (Å²) in [6, 6.07) is 4.79. The summed E-state index contributed by atoms with van der Waals surface area (Å²) in [6.07, 6.45) is 3.96. The highest BCUT2D eigenvalue weighted by Gasteiger charge is 2.23. The van der Waals surface area contributed by atoms with Crippen LogP contribution in [0.5, 0.6) is 0 Å². The van der Waals surface area contributed by atoms with Crippen molar-refractivity contribution in [2.45, 2.75) is 50.5 Å². The number of sulfonamides is 1. The smallest absolute Gasteiger partial charge is 0.240 e. The van der Waals surface area contributed by atoms with E-state index in [1.165, 1.54) is 13.0 Å². The number of aryl methyl sites for hydroxylation is 1. The van der Waals surface area contributed by atoms with Crippen molar-refractivity contribution >= 4 is 21.6 Å². The molecule has 0 saturated heterocycles. The van der Waals surface area contributed by atoms with E-state index in [0.29, 0.717) is 5.69 Å². The van der Waals surface area contributed by atoms with Crippen LogP contribution in [-0.4, -0.2) is 20.4 Å². The molecule has 110 valence electrons. The molecule has 2 rings (SSSR count). The molecule has 20 heavy (non-hydrogen) atoms. The van der Waals surface area contributed by atoms with E-state index in [1.807, 2.05) is 0 Å². The van der Waals surface area contributed by atoms with Gasteiger partial charge in [-0.3, -0.25) is 4.79 Å². The molecule has 0 unspecified atom stereocenters. The fourth-order valence-corrected chi connectivity index (χ4v) is 3.85. The lowest BCUT2D eigenvalue weighted by Gasteiger charge is -2.14. The molecule has 0 aromatic heterocycles. The van der Waals surface area contributed by atoms with Gasteiger partial charge in [0, 0.05) is 18.7 Å². The van der Waals surface area contributed by atoms with Gasteiger partial charge in [0.15, 0.2) is 0 Å². The van der Waals surface area contributed by atoms with Gasteiger partial charge in [0.2, 0.25) is 15.9 Å². The minimum absolute atomic E-state index is 0.0512. The largest absolute Gasteiger partial charge is 0.326 e. The Kier molecular flexibility index (Phi) is 4.45. The topological polar surface area (TPSA) is 75.3 Å². The predicted molar refractivity (Wildman–Crippen MR) is 78.1 cm³/mol. The molecule has 0 atom stereocenters. The van der Waals surface area contributed by atoms with Gasteiger partial charge in [-0.2, -0.15) is 0 Å². The lowest BCUT2D eigenvalue weighted by Crippen LogP contribution is -2.32. The first kappa shape index (κ1) is 15.0. The molecular weight excluding hydrogens is 276 g/mol. The molecule has 0 aliphatic heterocycles. The van der Waals surface area contributed by atoms with Crippen LogP contribution in [0, 0.1) is 6.92 Å². The Morgan fingerprint density at radius 2 is 1.90 bits per heavy atom. The summed E-state index contributed by atoms with van der Waals surface area (Å²) in [4.78, 5) is 11.3. The number of hydrogen-bond acceptors (Lipinski definition) is 3. The third-order valence-corrected chi connectivity index (χ3v) is 5.01. The number of nitrogens with one attached hydrogen (secondary N) is 2. The molecule has 6 heteroatoms. The molecule has 1 aromatic carbocycles. The van der Waals surface area contributed by atoms with Gasteiger partial charge in [0.25, 0.3) is 0 Å². The third-order valence-electron chi connectivity index (χ3n) is 3.50. The zero-order chi connectivity index (χ0) is 14.8. The van der Waals surface area contributed by atoms with Crippen LogP contribution >= 0.6 is 0 Å². The van der Waals surface area contributed by atoms with Crippen LogP contribution in [0.25, 0.3) is 0 Å². The van der Waals surface area contributed by atoms with Crippen molar-refractivity contribution in [1.82, 2.24) is 4.72 Å². The molecule has 1 aliphatic rings.